The van der Waals surface area contributed by atoms with Gasteiger partial charge in [0.1, 0.15) is 5.72 Å². The Kier molecular flexibility index (Phi) is 16.3. The van der Waals surface area contributed by atoms with Crippen LogP contribution in [0.2, 0.25) is 0 Å². The summed E-state index contributed by atoms with van der Waals surface area (Å²) in [6.07, 6.45) is 15.5. The van der Waals surface area contributed by atoms with E-state index in [1.54, 1.807) is 0 Å². The summed E-state index contributed by atoms with van der Waals surface area (Å²) in [6.45, 7) is 6.43. The van der Waals surface area contributed by atoms with Crippen LogP contribution in [0.25, 0.3) is 0 Å². The summed E-state index contributed by atoms with van der Waals surface area (Å²) in [5, 5.41) is 24.6. The quantitative estimate of drug-likeness (QED) is 0.281. The number of carboxylic acid groups (broad SMARTS) is 1. The second-order valence-corrected chi connectivity index (χ2v) is 8.85. The fourth-order valence-corrected chi connectivity index (χ4v) is 4.03. The Morgan fingerprint density at radius 3 is 1.79 bits per heavy atom. The van der Waals surface area contributed by atoms with Crippen molar-refractivity contribution in [1.82, 2.24) is 5.06 Å². The van der Waals surface area contributed by atoms with Crippen LogP contribution in [0.15, 0.2) is 0 Å². The van der Waals surface area contributed by atoms with Gasteiger partial charge in [-0.05, 0) is 46.0 Å². The van der Waals surface area contributed by atoms with Gasteiger partial charge in [-0.3, -0.25) is 0 Å². The molecule has 0 spiro atoms. The van der Waals surface area contributed by atoms with Crippen molar-refractivity contribution in [3.63, 3.8) is 0 Å². The number of hydrogen-bond acceptors (Lipinski definition) is 4. The molecule has 0 aromatic rings. The summed E-state index contributed by atoms with van der Waals surface area (Å²) < 4.78 is 5.94. The minimum atomic E-state index is -1.06. The van der Waals surface area contributed by atoms with Crippen LogP contribution < -0.4 is 56.5 Å². The van der Waals surface area contributed by atoms with Crippen LogP contribution in [-0.2, 0) is 14.7 Å². The van der Waals surface area contributed by atoms with Crippen molar-refractivity contribution in [3.05, 3.63) is 0 Å². The van der Waals surface area contributed by atoms with Crippen molar-refractivity contribution in [3.8, 4) is 0 Å². The van der Waals surface area contributed by atoms with Gasteiger partial charge in [-0.1, -0.05) is 71.1 Å². The Morgan fingerprint density at radius 2 is 1.36 bits per heavy atom. The van der Waals surface area contributed by atoms with Gasteiger partial charge >= 0.3 is 51.4 Å². The smallest absolute Gasteiger partial charge is 0.550 e. The van der Waals surface area contributed by atoms with Gasteiger partial charge in [-0.2, -0.15) is 0 Å². The van der Waals surface area contributed by atoms with Crippen LogP contribution in [-0.4, -0.2) is 28.9 Å². The third-order valence-electron chi connectivity index (χ3n) is 5.73. The number of unbranched alkanes of at least 4 members (excludes halogenated alkanes) is 10. The zero-order valence-corrected chi connectivity index (χ0v) is 22.0. The third kappa shape index (κ3) is 10.8. The Balaban J connectivity index is 0.00000729. The van der Waals surface area contributed by atoms with Crippen molar-refractivity contribution in [2.75, 3.05) is 6.61 Å². The number of nitrogens with zero attached hydrogens (tertiary/aromatic N) is 1. The molecule has 0 saturated carbocycles. The first kappa shape index (κ1) is 29.0. The number of hydrogen-bond donors (Lipinski definition) is 0. The van der Waals surface area contributed by atoms with Gasteiger partial charge < -0.3 is 14.6 Å². The Hall–Kier alpha value is 0.986. The molecule has 0 aliphatic carbocycles. The molecule has 0 amide bonds. The molecule has 1 aliphatic heterocycles. The normalized spacial score (nSPS) is 21.6. The van der Waals surface area contributed by atoms with Gasteiger partial charge in [0.2, 0.25) is 0 Å². The molecule has 28 heavy (non-hydrogen) atoms. The fraction of sp³-hybridized carbons (Fsp3) is 0.955. The number of hydroxylamine groups is 2. The number of carboxylic acids is 1. The third-order valence-corrected chi connectivity index (χ3v) is 5.73. The Morgan fingerprint density at radius 1 is 0.893 bits per heavy atom. The molecule has 1 unspecified atom stereocenters. The maximum Gasteiger partial charge on any atom is 1.00 e. The van der Waals surface area contributed by atoms with E-state index in [9.17, 15) is 15.1 Å². The van der Waals surface area contributed by atoms with E-state index in [1.165, 1.54) is 57.8 Å². The standard InChI is InChI=1S/C22H42NO4.K/c1-4-5-6-7-8-9-10-11-12-13-14-17-22(18-15-16-20(24)25)23(26)21(2,3)19-27-22;/h4-19H2,1-3H3,(H,24,25);/q;+1/p-1. The van der Waals surface area contributed by atoms with Gasteiger partial charge in [0.05, 0.1) is 12.1 Å². The summed E-state index contributed by atoms with van der Waals surface area (Å²) >= 11 is 0. The summed E-state index contributed by atoms with van der Waals surface area (Å²) in [7, 11) is 0. The van der Waals surface area contributed by atoms with E-state index in [0.29, 0.717) is 25.9 Å². The number of carbonyl (C=O) groups is 1. The molecule has 0 aromatic heterocycles. The SMILES string of the molecule is CCCCCCCCCCCCCC1(CCCC(=O)[O-])OCC(C)(C)N1[O].[K+]. The zero-order valence-electron chi connectivity index (χ0n) is 18.9. The molecule has 1 heterocycles. The summed E-state index contributed by atoms with van der Waals surface area (Å²) in [4.78, 5) is 10.7. The molecule has 1 fully saturated rings. The molecular weight excluding hydrogens is 381 g/mol. The van der Waals surface area contributed by atoms with E-state index in [1.807, 2.05) is 13.8 Å². The summed E-state index contributed by atoms with van der Waals surface area (Å²) in [6, 6.07) is 0. The molecule has 1 radical (unpaired) electrons. The molecule has 159 valence electrons. The number of carbonyl (C=O) groups excluding carboxylic acids is 1. The number of rotatable bonds is 16. The monoisotopic (exact) mass is 422 g/mol. The summed E-state index contributed by atoms with van der Waals surface area (Å²) in [5.74, 6) is -1.06. The van der Waals surface area contributed by atoms with Crippen LogP contribution in [0.4, 0.5) is 0 Å². The van der Waals surface area contributed by atoms with Crippen LogP contribution in [0.1, 0.15) is 117 Å². The Bertz CT molecular complexity index is 419. The fourth-order valence-electron chi connectivity index (χ4n) is 4.03. The zero-order chi connectivity index (χ0) is 20.2. The minimum absolute atomic E-state index is 0. The largest absolute Gasteiger partial charge is 1.00 e. The maximum atomic E-state index is 12.8. The van der Waals surface area contributed by atoms with E-state index in [0.717, 1.165) is 17.9 Å². The molecule has 1 rings (SSSR count). The van der Waals surface area contributed by atoms with Gasteiger partial charge in [-0.25, -0.2) is 0 Å². The maximum absolute atomic E-state index is 12.8. The van der Waals surface area contributed by atoms with E-state index in [4.69, 9.17) is 4.74 Å². The number of aliphatic carboxylic acids is 1. The van der Waals surface area contributed by atoms with Crippen molar-refractivity contribution in [2.24, 2.45) is 0 Å². The topological polar surface area (TPSA) is 72.5 Å². The molecule has 1 aliphatic rings. The molecule has 0 N–H and O–H groups in total. The van der Waals surface area contributed by atoms with Gasteiger partial charge in [0, 0.05) is 5.97 Å². The van der Waals surface area contributed by atoms with Crippen molar-refractivity contribution < 1.29 is 71.2 Å². The van der Waals surface area contributed by atoms with Crippen molar-refractivity contribution in [2.45, 2.75) is 128 Å². The Labute approximate surface area is 215 Å². The predicted octanol–water partition coefficient (Wildman–Crippen LogP) is 1.76. The van der Waals surface area contributed by atoms with E-state index in [-0.39, 0.29) is 57.8 Å². The van der Waals surface area contributed by atoms with Gasteiger partial charge in [-0.15, -0.1) is 10.3 Å². The van der Waals surface area contributed by atoms with Crippen LogP contribution in [0.3, 0.4) is 0 Å². The average Bonchev–Trinajstić information content (AvgIpc) is 2.84. The van der Waals surface area contributed by atoms with Crippen LogP contribution >= 0.6 is 0 Å². The molecule has 5 nitrogen and oxygen atoms in total. The first-order valence-electron chi connectivity index (χ1n) is 11.2. The van der Waals surface area contributed by atoms with Crippen LogP contribution in [0.5, 0.6) is 0 Å². The van der Waals surface area contributed by atoms with E-state index >= 15 is 0 Å². The first-order valence-corrected chi connectivity index (χ1v) is 11.2. The van der Waals surface area contributed by atoms with E-state index in [2.05, 4.69) is 6.92 Å². The molecule has 1 atom stereocenters. The average molecular weight is 423 g/mol. The van der Waals surface area contributed by atoms with E-state index < -0.39 is 17.2 Å². The predicted molar refractivity (Wildman–Crippen MR) is 105 cm³/mol. The van der Waals surface area contributed by atoms with Crippen LogP contribution in [0, 0.1) is 0 Å². The van der Waals surface area contributed by atoms with Crippen molar-refractivity contribution in [1.29, 1.82) is 0 Å². The first-order chi connectivity index (χ1) is 12.8. The van der Waals surface area contributed by atoms with Gasteiger partial charge in [0.25, 0.3) is 0 Å². The summed E-state index contributed by atoms with van der Waals surface area (Å²) in [5.41, 5.74) is -1.39. The second kappa shape index (κ2) is 15.7. The molecule has 1 saturated heterocycles. The number of ether oxygens (including phenoxy) is 1. The molecule has 0 bridgehead atoms. The molecule has 6 heteroatoms. The van der Waals surface area contributed by atoms with Gasteiger partial charge in [0.15, 0.2) is 0 Å². The molecule has 0 aromatic carbocycles. The minimum Gasteiger partial charge on any atom is -0.550 e. The van der Waals surface area contributed by atoms with Crippen molar-refractivity contribution >= 4 is 5.97 Å². The second-order valence-electron chi connectivity index (χ2n) is 8.85. The molecular formula is C22H41KNO4.